The standard InChI is InChI=1S/C17H32N2O2/c1-16(18)8-4-3-7-14(16)15(20)19-13-17(11-12-21-2)9-5-6-10-17/h14H,3-13,18H2,1-2H3,(H,19,20). The number of carbonyl (C=O) groups excluding carboxylic acids is 1. The van der Waals surface area contributed by atoms with Crippen LogP contribution in [0.1, 0.15) is 64.7 Å². The van der Waals surface area contributed by atoms with Crippen LogP contribution in [0, 0.1) is 11.3 Å². The minimum atomic E-state index is -0.336. The lowest BCUT2D eigenvalue weighted by Crippen LogP contribution is -2.53. The van der Waals surface area contributed by atoms with Crippen molar-refractivity contribution in [2.75, 3.05) is 20.3 Å². The molecule has 2 atom stereocenters. The number of amides is 1. The molecule has 2 rings (SSSR count). The average Bonchev–Trinajstić information content (AvgIpc) is 2.91. The van der Waals surface area contributed by atoms with Gasteiger partial charge in [-0.3, -0.25) is 4.79 Å². The molecule has 4 nitrogen and oxygen atoms in total. The monoisotopic (exact) mass is 296 g/mol. The third kappa shape index (κ3) is 4.19. The molecule has 0 aromatic heterocycles. The Balaban J connectivity index is 1.89. The molecular formula is C17H32N2O2. The highest BCUT2D eigenvalue weighted by Gasteiger charge is 2.39. The fraction of sp³-hybridized carbons (Fsp3) is 0.941. The summed E-state index contributed by atoms with van der Waals surface area (Å²) in [5, 5.41) is 3.23. The number of nitrogens with two attached hydrogens (primary N) is 1. The van der Waals surface area contributed by atoms with Gasteiger partial charge in [0, 0.05) is 25.8 Å². The number of methoxy groups -OCH3 is 1. The number of hydrogen-bond acceptors (Lipinski definition) is 3. The van der Waals surface area contributed by atoms with E-state index >= 15 is 0 Å². The van der Waals surface area contributed by atoms with Gasteiger partial charge in [0.15, 0.2) is 0 Å². The number of hydrogen-bond donors (Lipinski definition) is 2. The van der Waals surface area contributed by atoms with Crippen LogP contribution in [0.15, 0.2) is 0 Å². The molecule has 2 fully saturated rings. The molecule has 2 aliphatic rings. The third-order valence-corrected chi connectivity index (χ3v) is 5.71. The quantitative estimate of drug-likeness (QED) is 0.792. The summed E-state index contributed by atoms with van der Waals surface area (Å²) in [4.78, 5) is 12.6. The second-order valence-corrected chi connectivity index (χ2v) is 7.47. The molecule has 0 aliphatic heterocycles. The number of carbonyl (C=O) groups is 1. The third-order valence-electron chi connectivity index (χ3n) is 5.71. The molecule has 2 saturated carbocycles. The van der Waals surface area contributed by atoms with Crippen LogP contribution in [0.3, 0.4) is 0 Å². The first-order valence-corrected chi connectivity index (χ1v) is 8.55. The number of rotatable bonds is 6. The fourth-order valence-corrected chi connectivity index (χ4v) is 4.15. The Kier molecular flexibility index (Phi) is 5.67. The highest BCUT2D eigenvalue weighted by atomic mass is 16.5. The van der Waals surface area contributed by atoms with Crippen LogP contribution < -0.4 is 11.1 Å². The van der Waals surface area contributed by atoms with Crippen molar-refractivity contribution in [3.63, 3.8) is 0 Å². The molecule has 0 spiro atoms. The zero-order valence-electron chi connectivity index (χ0n) is 13.7. The molecule has 4 heteroatoms. The molecular weight excluding hydrogens is 264 g/mol. The van der Waals surface area contributed by atoms with Crippen LogP contribution in [-0.2, 0) is 9.53 Å². The van der Waals surface area contributed by atoms with Crippen LogP contribution in [-0.4, -0.2) is 31.7 Å². The van der Waals surface area contributed by atoms with Crippen LogP contribution in [0.25, 0.3) is 0 Å². The molecule has 0 radical (unpaired) electrons. The van der Waals surface area contributed by atoms with E-state index < -0.39 is 0 Å². The molecule has 0 heterocycles. The Bertz CT molecular complexity index is 349. The molecule has 1 amide bonds. The summed E-state index contributed by atoms with van der Waals surface area (Å²) < 4.78 is 5.25. The van der Waals surface area contributed by atoms with E-state index in [2.05, 4.69) is 5.32 Å². The first-order chi connectivity index (χ1) is 9.99. The lowest BCUT2D eigenvalue weighted by atomic mass is 9.74. The molecule has 2 aliphatic carbocycles. The zero-order valence-corrected chi connectivity index (χ0v) is 13.7. The van der Waals surface area contributed by atoms with E-state index in [-0.39, 0.29) is 22.8 Å². The van der Waals surface area contributed by atoms with Gasteiger partial charge < -0.3 is 15.8 Å². The van der Waals surface area contributed by atoms with Crippen LogP contribution in [0.2, 0.25) is 0 Å². The molecule has 2 unspecified atom stereocenters. The summed E-state index contributed by atoms with van der Waals surface area (Å²) in [7, 11) is 1.75. The summed E-state index contributed by atoms with van der Waals surface area (Å²) in [5.74, 6) is 0.149. The molecule has 0 saturated heterocycles. The topological polar surface area (TPSA) is 64.3 Å². The Morgan fingerprint density at radius 2 is 1.90 bits per heavy atom. The number of nitrogens with one attached hydrogen (secondary N) is 1. The molecule has 0 aromatic rings. The van der Waals surface area contributed by atoms with Crippen molar-refractivity contribution < 1.29 is 9.53 Å². The van der Waals surface area contributed by atoms with E-state index in [1.165, 1.54) is 25.7 Å². The van der Waals surface area contributed by atoms with Crippen LogP contribution >= 0.6 is 0 Å². The molecule has 3 N–H and O–H groups in total. The molecule has 21 heavy (non-hydrogen) atoms. The minimum Gasteiger partial charge on any atom is -0.385 e. The summed E-state index contributed by atoms with van der Waals surface area (Å²) >= 11 is 0. The van der Waals surface area contributed by atoms with Gasteiger partial charge in [0.05, 0.1) is 5.92 Å². The minimum absolute atomic E-state index is 0.0212. The van der Waals surface area contributed by atoms with Crippen LogP contribution in [0.4, 0.5) is 0 Å². The van der Waals surface area contributed by atoms with E-state index in [0.29, 0.717) is 0 Å². The van der Waals surface area contributed by atoms with Gasteiger partial charge in [0.1, 0.15) is 0 Å². The van der Waals surface area contributed by atoms with Gasteiger partial charge in [0.2, 0.25) is 5.91 Å². The van der Waals surface area contributed by atoms with Crippen molar-refractivity contribution in [3.8, 4) is 0 Å². The first kappa shape index (κ1) is 16.8. The summed E-state index contributed by atoms with van der Waals surface area (Å²) in [6, 6.07) is 0. The predicted octanol–water partition coefficient (Wildman–Crippen LogP) is 2.61. The van der Waals surface area contributed by atoms with Crippen molar-refractivity contribution in [1.29, 1.82) is 0 Å². The van der Waals surface area contributed by atoms with E-state index in [1.54, 1.807) is 7.11 Å². The van der Waals surface area contributed by atoms with Gasteiger partial charge >= 0.3 is 0 Å². The highest BCUT2D eigenvalue weighted by Crippen LogP contribution is 2.41. The van der Waals surface area contributed by atoms with Crippen molar-refractivity contribution in [1.82, 2.24) is 5.32 Å². The van der Waals surface area contributed by atoms with E-state index in [4.69, 9.17) is 10.5 Å². The maximum Gasteiger partial charge on any atom is 0.224 e. The first-order valence-electron chi connectivity index (χ1n) is 8.55. The number of ether oxygens (including phenoxy) is 1. The van der Waals surface area contributed by atoms with Crippen molar-refractivity contribution in [2.45, 2.75) is 70.3 Å². The predicted molar refractivity (Wildman–Crippen MR) is 85.0 cm³/mol. The van der Waals surface area contributed by atoms with E-state index in [9.17, 15) is 4.79 Å². The summed E-state index contributed by atoms with van der Waals surface area (Å²) in [6.07, 6.45) is 10.2. The van der Waals surface area contributed by atoms with Gasteiger partial charge in [-0.1, -0.05) is 25.7 Å². The normalized spacial score (nSPS) is 32.0. The maximum atomic E-state index is 12.6. The van der Waals surface area contributed by atoms with Crippen LogP contribution in [0.5, 0.6) is 0 Å². The fourth-order valence-electron chi connectivity index (χ4n) is 4.15. The van der Waals surface area contributed by atoms with Crippen molar-refractivity contribution >= 4 is 5.91 Å². The van der Waals surface area contributed by atoms with Gasteiger partial charge in [-0.05, 0) is 44.4 Å². The van der Waals surface area contributed by atoms with Gasteiger partial charge in [-0.2, -0.15) is 0 Å². The smallest absolute Gasteiger partial charge is 0.224 e. The van der Waals surface area contributed by atoms with Gasteiger partial charge in [0.25, 0.3) is 0 Å². The largest absolute Gasteiger partial charge is 0.385 e. The summed E-state index contributed by atoms with van der Waals surface area (Å²) in [5.41, 5.74) is 6.26. The lowest BCUT2D eigenvalue weighted by Gasteiger charge is -2.38. The Morgan fingerprint density at radius 3 is 2.52 bits per heavy atom. The van der Waals surface area contributed by atoms with E-state index in [0.717, 1.165) is 45.3 Å². The van der Waals surface area contributed by atoms with E-state index in [1.807, 2.05) is 6.92 Å². The second kappa shape index (κ2) is 7.10. The van der Waals surface area contributed by atoms with Crippen molar-refractivity contribution in [3.05, 3.63) is 0 Å². The summed E-state index contributed by atoms with van der Waals surface area (Å²) in [6.45, 7) is 3.61. The second-order valence-electron chi connectivity index (χ2n) is 7.47. The van der Waals surface area contributed by atoms with Gasteiger partial charge in [-0.25, -0.2) is 0 Å². The molecule has 0 aromatic carbocycles. The zero-order chi connectivity index (χ0) is 15.3. The Labute approximate surface area is 129 Å². The lowest BCUT2D eigenvalue weighted by molar-refractivity contribution is -0.128. The average molecular weight is 296 g/mol. The maximum absolute atomic E-state index is 12.6. The SMILES string of the molecule is COCCC1(CNC(=O)C2CCCCC2(C)N)CCCC1. The molecule has 122 valence electrons. The Morgan fingerprint density at radius 1 is 1.24 bits per heavy atom. The Hall–Kier alpha value is -0.610. The van der Waals surface area contributed by atoms with Crippen molar-refractivity contribution in [2.24, 2.45) is 17.1 Å². The molecule has 0 bridgehead atoms. The van der Waals surface area contributed by atoms with Gasteiger partial charge in [-0.15, -0.1) is 0 Å². The highest BCUT2D eigenvalue weighted by molar-refractivity contribution is 5.80.